The smallest absolute Gasteiger partial charge is 0.0184 e. The maximum atomic E-state index is 3.85. The summed E-state index contributed by atoms with van der Waals surface area (Å²) in [7, 11) is 0. The maximum Gasteiger partial charge on any atom is 0.0184 e. The Bertz CT molecular complexity index is 255. The minimum absolute atomic E-state index is 0.781. The zero-order valence-electron chi connectivity index (χ0n) is 11.0. The third kappa shape index (κ3) is 3.18. The van der Waals surface area contributed by atoms with Crippen molar-refractivity contribution >= 4 is 11.8 Å². The predicted molar refractivity (Wildman–Crippen MR) is 75.6 cm³/mol. The Kier molecular flexibility index (Phi) is 3.98. The van der Waals surface area contributed by atoms with Crippen LogP contribution in [0.15, 0.2) is 0 Å². The number of hydrogen-bond acceptors (Lipinski definition) is 3. The minimum Gasteiger partial charge on any atom is -0.313 e. The summed E-state index contributed by atoms with van der Waals surface area (Å²) in [5.41, 5.74) is 0. The van der Waals surface area contributed by atoms with Gasteiger partial charge < -0.3 is 10.2 Å². The van der Waals surface area contributed by atoms with Crippen molar-refractivity contribution in [3.05, 3.63) is 0 Å². The van der Waals surface area contributed by atoms with Gasteiger partial charge >= 0.3 is 0 Å². The van der Waals surface area contributed by atoms with E-state index in [0.717, 1.165) is 23.3 Å². The third-order valence-electron chi connectivity index (χ3n) is 4.66. The maximum absolute atomic E-state index is 3.85. The molecule has 3 unspecified atom stereocenters. The van der Waals surface area contributed by atoms with Crippen LogP contribution < -0.4 is 5.32 Å². The zero-order valence-corrected chi connectivity index (χ0v) is 11.8. The summed E-state index contributed by atoms with van der Waals surface area (Å²) < 4.78 is 0. The Hall–Kier alpha value is 0.270. The average molecular weight is 254 g/mol. The highest BCUT2D eigenvalue weighted by Crippen LogP contribution is 2.32. The van der Waals surface area contributed by atoms with Crippen LogP contribution in [0.4, 0.5) is 0 Å². The molecule has 98 valence electrons. The highest BCUT2D eigenvalue weighted by molar-refractivity contribution is 7.99. The Morgan fingerprint density at radius 3 is 2.88 bits per heavy atom. The Morgan fingerprint density at radius 2 is 2.12 bits per heavy atom. The van der Waals surface area contributed by atoms with Crippen molar-refractivity contribution in [1.82, 2.24) is 10.2 Å². The molecular formula is C14H26N2S. The Labute approximate surface area is 110 Å². The van der Waals surface area contributed by atoms with Crippen molar-refractivity contribution < 1.29 is 0 Å². The van der Waals surface area contributed by atoms with Crippen molar-refractivity contribution in [2.24, 2.45) is 5.92 Å². The topological polar surface area (TPSA) is 15.3 Å². The Balaban J connectivity index is 1.39. The highest BCUT2D eigenvalue weighted by Gasteiger charge is 2.34. The van der Waals surface area contributed by atoms with Crippen molar-refractivity contribution in [2.75, 3.05) is 25.4 Å². The normalized spacial score (nSPS) is 39.7. The van der Waals surface area contributed by atoms with Crippen molar-refractivity contribution in [2.45, 2.75) is 56.4 Å². The molecule has 0 spiro atoms. The summed E-state index contributed by atoms with van der Waals surface area (Å²) in [6, 6.07) is 1.76. The lowest BCUT2D eigenvalue weighted by molar-refractivity contribution is 0.307. The largest absolute Gasteiger partial charge is 0.313 e. The molecule has 0 radical (unpaired) electrons. The van der Waals surface area contributed by atoms with Crippen LogP contribution in [0.2, 0.25) is 0 Å². The summed E-state index contributed by atoms with van der Waals surface area (Å²) in [6.45, 7) is 6.39. The monoisotopic (exact) mass is 254 g/mol. The first-order valence-electron chi connectivity index (χ1n) is 7.42. The SMILES string of the molecule is CC1SCCCC1NCC1CCN(C2CC2)C1. The molecule has 0 aromatic heterocycles. The molecule has 2 aliphatic heterocycles. The molecule has 3 aliphatic rings. The molecule has 17 heavy (non-hydrogen) atoms. The molecule has 2 heterocycles. The van der Waals surface area contributed by atoms with Gasteiger partial charge in [0.05, 0.1) is 0 Å². The molecule has 2 saturated heterocycles. The van der Waals surface area contributed by atoms with E-state index in [0.29, 0.717) is 0 Å². The van der Waals surface area contributed by atoms with Gasteiger partial charge in [0.15, 0.2) is 0 Å². The number of nitrogens with one attached hydrogen (secondary N) is 1. The number of thioether (sulfide) groups is 1. The molecular weight excluding hydrogens is 228 g/mol. The lowest BCUT2D eigenvalue weighted by atomic mass is 10.1. The van der Waals surface area contributed by atoms with Crippen LogP contribution >= 0.6 is 11.8 Å². The second-order valence-electron chi connectivity index (χ2n) is 6.11. The predicted octanol–water partition coefficient (Wildman–Crippen LogP) is 2.34. The van der Waals surface area contributed by atoms with Gasteiger partial charge in [-0.05, 0) is 56.9 Å². The number of hydrogen-bond donors (Lipinski definition) is 1. The van der Waals surface area contributed by atoms with Crippen LogP contribution in [-0.4, -0.2) is 47.6 Å². The van der Waals surface area contributed by atoms with Crippen LogP contribution in [0, 0.1) is 5.92 Å². The minimum atomic E-state index is 0.781. The zero-order chi connectivity index (χ0) is 11.7. The van der Waals surface area contributed by atoms with E-state index < -0.39 is 0 Å². The molecule has 3 heteroatoms. The highest BCUT2D eigenvalue weighted by atomic mass is 32.2. The van der Waals surface area contributed by atoms with Gasteiger partial charge in [0.1, 0.15) is 0 Å². The number of nitrogens with zero attached hydrogens (tertiary/aromatic N) is 1. The van der Waals surface area contributed by atoms with Gasteiger partial charge in [-0.3, -0.25) is 0 Å². The van der Waals surface area contributed by atoms with Gasteiger partial charge in [-0.2, -0.15) is 11.8 Å². The summed E-state index contributed by atoms with van der Waals surface area (Å²) in [5.74, 6) is 2.30. The van der Waals surface area contributed by atoms with Gasteiger partial charge in [-0.25, -0.2) is 0 Å². The van der Waals surface area contributed by atoms with Crippen LogP contribution in [0.5, 0.6) is 0 Å². The molecule has 0 bridgehead atoms. The summed E-state index contributed by atoms with van der Waals surface area (Å²) in [4.78, 5) is 2.73. The fourth-order valence-electron chi connectivity index (χ4n) is 3.31. The molecule has 3 atom stereocenters. The fraction of sp³-hybridized carbons (Fsp3) is 1.00. The van der Waals surface area contributed by atoms with Crippen LogP contribution in [0.1, 0.15) is 39.0 Å². The van der Waals surface area contributed by atoms with Crippen molar-refractivity contribution in [3.8, 4) is 0 Å². The molecule has 0 amide bonds. The van der Waals surface area contributed by atoms with E-state index in [4.69, 9.17) is 0 Å². The van der Waals surface area contributed by atoms with Crippen LogP contribution in [0.3, 0.4) is 0 Å². The fourth-order valence-corrected chi connectivity index (χ4v) is 4.48. The first-order chi connectivity index (χ1) is 8.33. The molecule has 1 N–H and O–H groups in total. The summed E-state index contributed by atoms with van der Waals surface area (Å²) in [6.07, 6.45) is 7.17. The van der Waals surface area contributed by atoms with E-state index in [9.17, 15) is 0 Å². The first-order valence-corrected chi connectivity index (χ1v) is 8.47. The standard InChI is InChI=1S/C14H26N2S/c1-11-14(3-2-8-17-11)15-9-12-6-7-16(10-12)13-4-5-13/h11-15H,2-10H2,1H3. The molecule has 2 nitrogen and oxygen atoms in total. The molecule has 1 saturated carbocycles. The van der Waals surface area contributed by atoms with E-state index in [1.807, 2.05) is 0 Å². The van der Waals surface area contributed by atoms with Gasteiger partial charge in [-0.1, -0.05) is 6.92 Å². The van der Waals surface area contributed by atoms with E-state index in [1.54, 1.807) is 0 Å². The van der Waals surface area contributed by atoms with Crippen molar-refractivity contribution in [3.63, 3.8) is 0 Å². The van der Waals surface area contributed by atoms with Gasteiger partial charge in [0.25, 0.3) is 0 Å². The third-order valence-corrected chi connectivity index (χ3v) is 6.03. The van der Waals surface area contributed by atoms with Gasteiger partial charge in [-0.15, -0.1) is 0 Å². The van der Waals surface area contributed by atoms with Crippen molar-refractivity contribution in [1.29, 1.82) is 0 Å². The second-order valence-corrected chi connectivity index (χ2v) is 7.60. The number of likely N-dealkylation sites (tertiary alicyclic amines) is 1. The Morgan fingerprint density at radius 1 is 1.24 bits per heavy atom. The van der Waals surface area contributed by atoms with E-state index in [-0.39, 0.29) is 0 Å². The summed E-state index contributed by atoms with van der Waals surface area (Å²) >= 11 is 2.15. The van der Waals surface area contributed by atoms with Crippen LogP contribution in [-0.2, 0) is 0 Å². The average Bonchev–Trinajstić information content (AvgIpc) is 3.08. The second kappa shape index (κ2) is 5.50. The molecule has 3 fully saturated rings. The van der Waals surface area contributed by atoms with E-state index in [2.05, 4.69) is 28.9 Å². The molecule has 1 aliphatic carbocycles. The lowest BCUT2D eigenvalue weighted by Gasteiger charge is -2.30. The molecule has 3 rings (SSSR count). The van der Waals surface area contributed by atoms with E-state index in [1.165, 1.54) is 57.5 Å². The van der Waals surface area contributed by atoms with Gasteiger partial charge in [0.2, 0.25) is 0 Å². The lowest BCUT2D eigenvalue weighted by Crippen LogP contribution is -2.42. The molecule has 0 aromatic rings. The quantitative estimate of drug-likeness (QED) is 0.829. The first kappa shape index (κ1) is 12.3. The summed E-state index contributed by atoms with van der Waals surface area (Å²) in [5, 5.41) is 4.67. The van der Waals surface area contributed by atoms with Gasteiger partial charge in [0, 0.05) is 23.9 Å². The van der Waals surface area contributed by atoms with E-state index >= 15 is 0 Å². The number of rotatable bonds is 4. The molecule has 0 aromatic carbocycles. The van der Waals surface area contributed by atoms with Crippen LogP contribution in [0.25, 0.3) is 0 Å².